The first-order chi connectivity index (χ1) is 7.35. The zero-order valence-electron chi connectivity index (χ0n) is 8.51. The highest BCUT2D eigenvalue weighted by Gasteiger charge is 2.32. The summed E-state index contributed by atoms with van der Waals surface area (Å²) in [6.07, 6.45) is -5.69. The van der Waals surface area contributed by atoms with Crippen molar-refractivity contribution in [2.75, 3.05) is 7.11 Å². The topological polar surface area (TPSA) is 35.2 Å². The van der Waals surface area contributed by atoms with E-state index in [2.05, 4.69) is 4.74 Å². The van der Waals surface area contributed by atoms with Crippen LogP contribution < -0.4 is 10.5 Å². The zero-order chi connectivity index (χ0) is 12.3. The van der Waals surface area contributed by atoms with E-state index in [-0.39, 0.29) is 11.3 Å². The molecule has 0 heterocycles. The van der Waals surface area contributed by atoms with Crippen LogP contribution >= 0.6 is 0 Å². The van der Waals surface area contributed by atoms with E-state index in [1.54, 1.807) is 0 Å². The lowest BCUT2D eigenvalue weighted by Gasteiger charge is -2.16. The summed E-state index contributed by atoms with van der Waals surface area (Å²) in [6.45, 7) is 0. The van der Waals surface area contributed by atoms with E-state index >= 15 is 0 Å². The van der Waals surface area contributed by atoms with Gasteiger partial charge in [0.1, 0.15) is 0 Å². The van der Waals surface area contributed by atoms with Crippen molar-refractivity contribution in [2.24, 2.45) is 5.73 Å². The molecule has 1 aromatic rings. The third-order valence-electron chi connectivity index (χ3n) is 2.06. The molecule has 0 bridgehead atoms. The summed E-state index contributed by atoms with van der Waals surface area (Å²) in [4.78, 5) is 0. The van der Waals surface area contributed by atoms with Crippen molar-refractivity contribution >= 4 is 0 Å². The predicted octanol–water partition coefficient (Wildman–Crippen LogP) is 2.79. The Morgan fingerprint density at radius 1 is 1.38 bits per heavy atom. The minimum absolute atomic E-state index is 0.116. The number of methoxy groups -OCH3 is 1. The van der Waals surface area contributed by atoms with E-state index in [1.807, 2.05) is 0 Å². The summed E-state index contributed by atoms with van der Waals surface area (Å²) in [5.41, 5.74) is 5.09. The Kier molecular flexibility index (Phi) is 3.74. The summed E-state index contributed by atoms with van der Waals surface area (Å²) >= 11 is 0. The minimum atomic E-state index is -4.42. The van der Waals surface area contributed by atoms with Gasteiger partial charge < -0.3 is 10.5 Å². The highest BCUT2D eigenvalue weighted by Crippen LogP contribution is 2.31. The molecule has 0 aliphatic rings. The Morgan fingerprint density at radius 2 is 2.00 bits per heavy atom. The van der Waals surface area contributed by atoms with Crippen molar-refractivity contribution in [2.45, 2.75) is 18.6 Å². The summed E-state index contributed by atoms with van der Waals surface area (Å²) in [7, 11) is 1.23. The predicted molar refractivity (Wildman–Crippen MR) is 50.6 cm³/mol. The molecule has 2 N–H and O–H groups in total. The van der Waals surface area contributed by atoms with E-state index in [0.29, 0.717) is 0 Å². The number of halogens is 4. The number of benzene rings is 1. The van der Waals surface area contributed by atoms with Gasteiger partial charge in [-0.2, -0.15) is 13.2 Å². The molecule has 0 saturated carbocycles. The van der Waals surface area contributed by atoms with E-state index in [0.717, 1.165) is 0 Å². The lowest BCUT2D eigenvalue weighted by atomic mass is 10.0. The van der Waals surface area contributed by atoms with Gasteiger partial charge in [0.25, 0.3) is 0 Å². The van der Waals surface area contributed by atoms with Crippen LogP contribution in [0.4, 0.5) is 17.6 Å². The third-order valence-corrected chi connectivity index (χ3v) is 2.06. The molecule has 6 heteroatoms. The average molecular weight is 237 g/mol. The van der Waals surface area contributed by atoms with Crippen LogP contribution in [0.15, 0.2) is 18.2 Å². The smallest absolute Gasteiger partial charge is 0.390 e. The zero-order valence-corrected chi connectivity index (χ0v) is 8.51. The summed E-state index contributed by atoms with van der Waals surface area (Å²) in [5.74, 6) is -0.961. The summed E-state index contributed by atoms with van der Waals surface area (Å²) in [6, 6.07) is 2.51. The van der Waals surface area contributed by atoms with Gasteiger partial charge in [0.05, 0.1) is 13.5 Å². The fourth-order valence-corrected chi connectivity index (χ4v) is 1.33. The van der Waals surface area contributed by atoms with Crippen molar-refractivity contribution in [3.8, 4) is 5.75 Å². The van der Waals surface area contributed by atoms with Crippen LogP contribution in [0.5, 0.6) is 5.75 Å². The first kappa shape index (κ1) is 12.8. The molecule has 1 atom stereocenters. The first-order valence-corrected chi connectivity index (χ1v) is 4.50. The standard InChI is InChI=1S/C10H11F4NO/c1-16-8-4-2-3-6(9(8)11)7(15)5-10(12,13)14/h2-4,7H,5,15H2,1H3/t7-/m0/s1. The van der Waals surface area contributed by atoms with Crippen LogP contribution in [0.2, 0.25) is 0 Å². The lowest BCUT2D eigenvalue weighted by molar-refractivity contribution is -0.138. The van der Waals surface area contributed by atoms with Gasteiger partial charge >= 0.3 is 6.18 Å². The number of hydrogen-bond donors (Lipinski definition) is 1. The van der Waals surface area contributed by atoms with E-state index in [9.17, 15) is 17.6 Å². The van der Waals surface area contributed by atoms with Crippen molar-refractivity contribution in [3.63, 3.8) is 0 Å². The molecular formula is C10H11F4NO. The summed E-state index contributed by atoms with van der Waals surface area (Å²) < 4.78 is 54.4. The Balaban J connectivity index is 2.95. The molecule has 0 aliphatic carbocycles. The van der Waals surface area contributed by atoms with Gasteiger partial charge in [-0.3, -0.25) is 0 Å². The normalized spacial score (nSPS) is 13.6. The second kappa shape index (κ2) is 4.69. The molecule has 0 saturated heterocycles. The van der Waals surface area contributed by atoms with Crippen LogP contribution in [0.3, 0.4) is 0 Å². The van der Waals surface area contributed by atoms with Crippen LogP contribution in [0.1, 0.15) is 18.0 Å². The Morgan fingerprint density at radius 3 is 2.50 bits per heavy atom. The van der Waals surface area contributed by atoms with E-state index in [1.165, 1.54) is 25.3 Å². The molecule has 1 rings (SSSR count). The Hall–Kier alpha value is -1.30. The van der Waals surface area contributed by atoms with Gasteiger partial charge in [-0.15, -0.1) is 0 Å². The molecule has 0 amide bonds. The number of ether oxygens (including phenoxy) is 1. The average Bonchev–Trinajstić information content (AvgIpc) is 2.15. The monoisotopic (exact) mass is 237 g/mol. The second-order valence-electron chi connectivity index (χ2n) is 3.29. The molecule has 0 spiro atoms. The van der Waals surface area contributed by atoms with Gasteiger partial charge in [-0.1, -0.05) is 12.1 Å². The van der Waals surface area contributed by atoms with Crippen molar-refractivity contribution in [1.29, 1.82) is 0 Å². The molecule has 0 aliphatic heterocycles. The second-order valence-corrected chi connectivity index (χ2v) is 3.29. The molecule has 1 aromatic carbocycles. The number of alkyl halides is 3. The van der Waals surface area contributed by atoms with Crippen molar-refractivity contribution in [3.05, 3.63) is 29.6 Å². The van der Waals surface area contributed by atoms with Gasteiger partial charge in [0.2, 0.25) is 0 Å². The molecular weight excluding hydrogens is 226 g/mol. The van der Waals surface area contributed by atoms with Crippen molar-refractivity contribution < 1.29 is 22.3 Å². The maximum Gasteiger partial charge on any atom is 0.390 e. The third kappa shape index (κ3) is 3.10. The van der Waals surface area contributed by atoms with Crippen LogP contribution in [-0.2, 0) is 0 Å². The molecule has 16 heavy (non-hydrogen) atoms. The van der Waals surface area contributed by atoms with E-state index in [4.69, 9.17) is 5.73 Å². The number of hydrogen-bond acceptors (Lipinski definition) is 2. The molecule has 0 aromatic heterocycles. The molecule has 2 nitrogen and oxygen atoms in total. The fraction of sp³-hybridized carbons (Fsp3) is 0.400. The highest BCUT2D eigenvalue weighted by atomic mass is 19.4. The molecule has 90 valence electrons. The summed E-state index contributed by atoms with van der Waals surface area (Å²) in [5, 5.41) is 0. The van der Waals surface area contributed by atoms with Crippen LogP contribution in [0, 0.1) is 5.82 Å². The van der Waals surface area contributed by atoms with Gasteiger partial charge in [0.15, 0.2) is 11.6 Å². The lowest BCUT2D eigenvalue weighted by Crippen LogP contribution is -2.21. The number of nitrogens with two attached hydrogens (primary N) is 1. The van der Waals surface area contributed by atoms with Crippen molar-refractivity contribution in [1.82, 2.24) is 0 Å². The van der Waals surface area contributed by atoms with Gasteiger partial charge in [-0.05, 0) is 6.07 Å². The Labute approximate surface area is 90.0 Å². The van der Waals surface area contributed by atoms with Gasteiger partial charge in [0, 0.05) is 11.6 Å². The minimum Gasteiger partial charge on any atom is -0.494 e. The molecule has 0 unspecified atom stereocenters. The van der Waals surface area contributed by atoms with Crippen LogP contribution in [0.25, 0.3) is 0 Å². The van der Waals surface area contributed by atoms with E-state index < -0.39 is 24.5 Å². The molecule has 0 radical (unpaired) electrons. The maximum atomic E-state index is 13.5. The SMILES string of the molecule is COc1cccc([C@@H](N)CC(F)(F)F)c1F. The number of rotatable bonds is 3. The molecule has 0 fully saturated rings. The quantitative estimate of drug-likeness (QED) is 0.820. The van der Waals surface area contributed by atoms with Crippen LogP contribution in [-0.4, -0.2) is 13.3 Å². The highest BCUT2D eigenvalue weighted by molar-refractivity contribution is 5.32. The fourth-order valence-electron chi connectivity index (χ4n) is 1.33. The largest absolute Gasteiger partial charge is 0.494 e. The first-order valence-electron chi connectivity index (χ1n) is 4.50. The maximum absolute atomic E-state index is 13.5. The van der Waals surface area contributed by atoms with Gasteiger partial charge in [-0.25, -0.2) is 4.39 Å². The Bertz CT molecular complexity index is 364.